The molecule has 0 fully saturated rings. The molecule has 0 aromatic carbocycles. The molecule has 0 bridgehead atoms. The molecule has 0 aliphatic carbocycles. The van der Waals surface area contributed by atoms with Gasteiger partial charge in [0.2, 0.25) is 0 Å². The van der Waals surface area contributed by atoms with Crippen LogP contribution in [0.1, 0.15) is 46.5 Å². The largest absolute Gasteiger partial charge is 0.232 e. The van der Waals surface area contributed by atoms with E-state index in [2.05, 4.69) is 13.8 Å². The maximum Gasteiger partial charge on any atom is 0.101 e. The zero-order chi connectivity index (χ0) is 9.40. The van der Waals surface area contributed by atoms with Crippen LogP contribution in [0, 0.1) is 5.92 Å². The van der Waals surface area contributed by atoms with E-state index in [4.69, 9.17) is 0 Å². The average Bonchev–Trinajstić information content (AvgIpc) is 1.98. The summed E-state index contributed by atoms with van der Waals surface area (Å²) in [6, 6.07) is 0. The van der Waals surface area contributed by atoms with E-state index in [1.807, 2.05) is 6.92 Å². The second-order valence-corrected chi connectivity index (χ2v) is 3.86. The van der Waals surface area contributed by atoms with Crippen molar-refractivity contribution in [2.45, 2.75) is 46.5 Å². The summed E-state index contributed by atoms with van der Waals surface area (Å²) in [7, 11) is 0. The number of rotatable bonds is 6. The summed E-state index contributed by atoms with van der Waals surface area (Å²) in [5.74, 6) is 0.814. The van der Waals surface area contributed by atoms with Gasteiger partial charge in [-0.25, -0.2) is 5.11 Å². The lowest BCUT2D eigenvalue weighted by Crippen LogP contribution is -1.87. The molecule has 0 aliphatic rings. The highest BCUT2D eigenvalue weighted by molar-refractivity contribution is 4.97. The lowest BCUT2D eigenvalue weighted by molar-refractivity contribution is 0.231. The van der Waals surface area contributed by atoms with Crippen LogP contribution in [0.4, 0.5) is 0 Å². The smallest absolute Gasteiger partial charge is 0.101 e. The Morgan fingerprint density at radius 2 is 2.00 bits per heavy atom. The average molecular weight is 169 g/mol. The Bertz CT molecular complexity index is 125. The van der Waals surface area contributed by atoms with Crippen LogP contribution in [-0.2, 0) is 5.11 Å². The fourth-order valence-electron chi connectivity index (χ4n) is 1.20. The summed E-state index contributed by atoms with van der Waals surface area (Å²) in [6.45, 7) is 6.49. The molecule has 1 radical (unpaired) electrons. The van der Waals surface area contributed by atoms with Crippen molar-refractivity contribution in [3.63, 3.8) is 0 Å². The topological polar surface area (TPSA) is 19.9 Å². The van der Waals surface area contributed by atoms with Crippen molar-refractivity contribution in [3.05, 3.63) is 11.6 Å². The molecule has 0 aromatic heterocycles. The predicted molar refractivity (Wildman–Crippen MR) is 52.6 cm³/mol. The van der Waals surface area contributed by atoms with Crippen molar-refractivity contribution in [2.75, 3.05) is 6.61 Å². The van der Waals surface area contributed by atoms with E-state index in [-0.39, 0.29) is 6.61 Å². The first-order chi connectivity index (χ1) is 5.66. The minimum atomic E-state index is -0.0595. The van der Waals surface area contributed by atoms with Crippen LogP contribution in [0.25, 0.3) is 0 Å². The van der Waals surface area contributed by atoms with Crippen molar-refractivity contribution >= 4 is 0 Å². The Hall–Kier alpha value is -0.300. The Morgan fingerprint density at radius 3 is 2.50 bits per heavy atom. The van der Waals surface area contributed by atoms with Gasteiger partial charge in [0, 0.05) is 0 Å². The number of hydrogen-bond acceptors (Lipinski definition) is 0. The summed E-state index contributed by atoms with van der Waals surface area (Å²) in [6.07, 6.45) is 6.73. The molecule has 71 valence electrons. The Labute approximate surface area is 76.5 Å². The molecule has 0 heterocycles. The van der Waals surface area contributed by atoms with Gasteiger partial charge in [0.15, 0.2) is 0 Å². The molecule has 1 nitrogen and oxygen atoms in total. The molecule has 12 heavy (non-hydrogen) atoms. The van der Waals surface area contributed by atoms with Crippen LogP contribution in [0.15, 0.2) is 11.6 Å². The first-order valence-electron chi connectivity index (χ1n) is 4.90. The molecule has 0 aliphatic heterocycles. The highest BCUT2D eigenvalue weighted by Crippen LogP contribution is 2.11. The van der Waals surface area contributed by atoms with Crippen molar-refractivity contribution < 1.29 is 5.11 Å². The molecule has 1 heteroatoms. The molecule has 0 atom stereocenters. The molecular formula is C11H21O. The highest BCUT2D eigenvalue weighted by Gasteiger charge is 1.94. The van der Waals surface area contributed by atoms with Gasteiger partial charge in [-0.15, -0.1) is 0 Å². The minimum absolute atomic E-state index is 0.0595. The Balaban J connectivity index is 3.25. The van der Waals surface area contributed by atoms with Crippen LogP contribution in [0.5, 0.6) is 0 Å². The zero-order valence-electron chi connectivity index (χ0n) is 8.60. The van der Waals surface area contributed by atoms with E-state index < -0.39 is 0 Å². The lowest BCUT2D eigenvalue weighted by Gasteiger charge is -2.03. The van der Waals surface area contributed by atoms with Gasteiger partial charge in [0.05, 0.1) is 0 Å². The number of unbranched alkanes of at least 4 members (excludes halogenated alkanes) is 1. The maximum absolute atomic E-state index is 10.2. The van der Waals surface area contributed by atoms with Gasteiger partial charge in [-0.1, -0.05) is 38.3 Å². The van der Waals surface area contributed by atoms with Crippen LogP contribution < -0.4 is 0 Å². The quantitative estimate of drug-likeness (QED) is 0.428. The molecule has 0 saturated carbocycles. The van der Waals surface area contributed by atoms with E-state index in [9.17, 15) is 5.11 Å². The van der Waals surface area contributed by atoms with Gasteiger partial charge < -0.3 is 0 Å². The van der Waals surface area contributed by atoms with E-state index >= 15 is 0 Å². The highest BCUT2D eigenvalue weighted by atomic mass is 16.2. The lowest BCUT2D eigenvalue weighted by atomic mass is 10.0. The molecule has 0 N–H and O–H groups in total. The normalized spacial score (nSPS) is 12.6. The van der Waals surface area contributed by atoms with Gasteiger partial charge in [0.1, 0.15) is 6.61 Å². The van der Waals surface area contributed by atoms with E-state index in [0.717, 1.165) is 12.3 Å². The van der Waals surface area contributed by atoms with E-state index in [1.54, 1.807) is 6.08 Å². The van der Waals surface area contributed by atoms with Gasteiger partial charge >= 0.3 is 0 Å². The second-order valence-electron chi connectivity index (χ2n) is 3.86. The summed E-state index contributed by atoms with van der Waals surface area (Å²) in [5.41, 5.74) is 1.26. The third-order valence-electron chi connectivity index (χ3n) is 2.03. The zero-order valence-corrected chi connectivity index (χ0v) is 8.60. The molecule has 0 saturated heterocycles. The van der Waals surface area contributed by atoms with Crippen LogP contribution in [-0.4, -0.2) is 6.61 Å². The Morgan fingerprint density at radius 1 is 1.33 bits per heavy atom. The fourth-order valence-corrected chi connectivity index (χ4v) is 1.20. The fraction of sp³-hybridized carbons (Fsp3) is 0.818. The summed E-state index contributed by atoms with van der Waals surface area (Å²) in [4.78, 5) is 0. The van der Waals surface area contributed by atoms with Gasteiger partial charge in [0.25, 0.3) is 0 Å². The monoisotopic (exact) mass is 169 g/mol. The van der Waals surface area contributed by atoms with Gasteiger partial charge in [-0.05, 0) is 25.7 Å². The van der Waals surface area contributed by atoms with Gasteiger partial charge in [-0.3, -0.25) is 0 Å². The van der Waals surface area contributed by atoms with Crippen LogP contribution in [0.3, 0.4) is 0 Å². The summed E-state index contributed by atoms with van der Waals surface area (Å²) < 4.78 is 0. The first-order valence-corrected chi connectivity index (χ1v) is 4.90. The van der Waals surface area contributed by atoms with Gasteiger partial charge in [-0.2, -0.15) is 0 Å². The molecule has 0 unspecified atom stereocenters. The van der Waals surface area contributed by atoms with Crippen molar-refractivity contribution in [3.8, 4) is 0 Å². The van der Waals surface area contributed by atoms with Crippen molar-refractivity contribution in [1.82, 2.24) is 0 Å². The molecule has 0 amide bonds. The van der Waals surface area contributed by atoms with E-state index in [0.29, 0.717) is 0 Å². The third-order valence-corrected chi connectivity index (χ3v) is 2.03. The van der Waals surface area contributed by atoms with Crippen LogP contribution >= 0.6 is 0 Å². The van der Waals surface area contributed by atoms with Crippen LogP contribution in [0.2, 0.25) is 0 Å². The minimum Gasteiger partial charge on any atom is -0.232 e. The Kier molecular flexibility index (Phi) is 7.17. The predicted octanol–water partition coefficient (Wildman–Crippen LogP) is 3.58. The second kappa shape index (κ2) is 7.35. The van der Waals surface area contributed by atoms with Crippen molar-refractivity contribution in [1.29, 1.82) is 0 Å². The molecule has 0 spiro atoms. The first kappa shape index (κ1) is 11.7. The van der Waals surface area contributed by atoms with Crippen molar-refractivity contribution in [2.24, 2.45) is 5.92 Å². The summed E-state index contributed by atoms with van der Waals surface area (Å²) in [5, 5.41) is 10.2. The summed E-state index contributed by atoms with van der Waals surface area (Å²) >= 11 is 0. The molecule has 0 rings (SSSR count). The maximum atomic E-state index is 10.2. The third kappa shape index (κ3) is 7.80. The molecule has 0 aromatic rings. The number of hydrogen-bond donors (Lipinski definition) is 0. The van der Waals surface area contributed by atoms with E-state index in [1.165, 1.54) is 24.8 Å². The number of allylic oxidation sites excluding steroid dienone is 1. The SMILES string of the molecule is CC(=CC[O])CCCCC(C)C. The standard InChI is InChI=1S/C11H21O/c1-10(2)6-4-5-7-11(3)8-9-12/h8,10H,4-7,9H2,1-3H3. The molecular weight excluding hydrogens is 148 g/mol.